The zero-order valence-electron chi connectivity index (χ0n) is 9.27. The van der Waals surface area contributed by atoms with E-state index in [4.69, 9.17) is 9.84 Å². The van der Waals surface area contributed by atoms with Gasteiger partial charge in [-0.2, -0.15) is 0 Å². The van der Waals surface area contributed by atoms with E-state index in [1.54, 1.807) is 13.2 Å². The van der Waals surface area contributed by atoms with Gasteiger partial charge < -0.3 is 14.9 Å². The molecule has 0 saturated carbocycles. The molecule has 1 rings (SSSR count). The molecule has 16 heavy (non-hydrogen) atoms. The number of hydrogen-bond donors (Lipinski definition) is 2. The monoisotopic (exact) mass is 224 g/mol. The summed E-state index contributed by atoms with van der Waals surface area (Å²) in [7, 11) is 1.55. The number of carboxylic acid groups (broad SMARTS) is 1. The number of rotatable bonds is 6. The Hall–Kier alpha value is -1.55. The van der Waals surface area contributed by atoms with Gasteiger partial charge in [0.1, 0.15) is 5.75 Å². The average Bonchev–Trinajstić information content (AvgIpc) is 2.28. The van der Waals surface area contributed by atoms with Crippen LogP contribution in [0, 0.1) is 0 Å². The molecule has 0 heterocycles. The van der Waals surface area contributed by atoms with Crippen molar-refractivity contribution in [2.75, 3.05) is 7.11 Å². The quantitative estimate of drug-likeness (QED) is 0.770. The number of aliphatic hydroxyl groups is 1. The largest absolute Gasteiger partial charge is 0.496 e. The van der Waals surface area contributed by atoms with Crippen LogP contribution in [-0.4, -0.2) is 23.3 Å². The Morgan fingerprint density at radius 1 is 1.44 bits per heavy atom. The van der Waals surface area contributed by atoms with Crippen molar-refractivity contribution in [1.29, 1.82) is 0 Å². The van der Waals surface area contributed by atoms with E-state index in [0.717, 1.165) is 11.1 Å². The Balaban J connectivity index is 2.74. The second kappa shape index (κ2) is 6.12. The average molecular weight is 224 g/mol. The molecule has 0 amide bonds. The molecule has 0 unspecified atom stereocenters. The molecule has 0 saturated heterocycles. The van der Waals surface area contributed by atoms with E-state index < -0.39 is 5.97 Å². The molecule has 0 bridgehead atoms. The van der Waals surface area contributed by atoms with Crippen LogP contribution < -0.4 is 4.74 Å². The van der Waals surface area contributed by atoms with Crippen molar-refractivity contribution in [2.45, 2.75) is 25.9 Å². The minimum absolute atomic E-state index is 0.0909. The molecular weight excluding hydrogens is 208 g/mol. The summed E-state index contributed by atoms with van der Waals surface area (Å²) in [6.45, 7) is -0.0909. The van der Waals surface area contributed by atoms with Crippen molar-refractivity contribution < 1.29 is 19.7 Å². The Morgan fingerprint density at radius 2 is 2.19 bits per heavy atom. The maximum Gasteiger partial charge on any atom is 0.303 e. The van der Waals surface area contributed by atoms with Crippen molar-refractivity contribution in [3.63, 3.8) is 0 Å². The third kappa shape index (κ3) is 3.24. The van der Waals surface area contributed by atoms with Crippen LogP contribution in [0.1, 0.15) is 24.0 Å². The summed E-state index contributed by atoms with van der Waals surface area (Å²) in [5.74, 6) is -0.149. The molecule has 1 aromatic rings. The lowest BCUT2D eigenvalue weighted by Crippen LogP contribution is -2.00. The highest BCUT2D eigenvalue weighted by Gasteiger charge is 2.08. The molecular formula is C12H16O4. The highest BCUT2D eigenvalue weighted by atomic mass is 16.5. The molecule has 0 aliphatic carbocycles. The summed E-state index contributed by atoms with van der Waals surface area (Å²) in [6, 6.07) is 5.51. The van der Waals surface area contributed by atoms with E-state index in [2.05, 4.69) is 0 Å². The van der Waals surface area contributed by atoms with Crippen LogP contribution >= 0.6 is 0 Å². The number of carboxylic acids is 1. The minimum atomic E-state index is -0.798. The van der Waals surface area contributed by atoms with Gasteiger partial charge >= 0.3 is 5.97 Å². The molecule has 0 atom stereocenters. The van der Waals surface area contributed by atoms with Crippen molar-refractivity contribution in [2.24, 2.45) is 0 Å². The van der Waals surface area contributed by atoms with E-state index in [1.165, 1.54) is 0 Å². The van der Waals surface area contributed by atoms with Crippen LogP contribution in [0.15, 0.2) is 18.2 Å². The highest BCUT2D eigenvalue weighted by molar-refractivity contribution is 5.66. The number of ether oxygens (including phenoxy) is 1. The highest BCUT2D eigenvalue weighted by Crippen LogP contribution is 2.23. The summed E-state index contributed by atoms with van der Waals surface area (Å²) in [5.41, 5.74) is 1.69. The predicted octanol–water partition coefficient (Wildman–Crippen LogP) is 1.59. The van der Waals surface area contributed by atoms with Gasteiger partial charge in [0.15, 0.2) is 0 Å². The number of aryl methyl sites for hydroxylation is 1. The third-order valence-electron chi connectivity index (χ3n) is 2.44. The smallest absolute Gasteiger partial charge is 0.303 e. The summed E-state index contributed by atoms with van der Waals surface area (Å²) in [4.78, 5) is 10.4. The molecule has 0 aliphatic heterocycles. The summed E-state index contributed by atoms with van der Waals surface area (Å²) >= 11 is 0. The number of aliphatic carboxylic acids is 1. The first kappa shape index (κ1) is 12.5. The Kier molecular flexibility index (Phi) is 4.79. The molecule has 0 spiro atoms. The summed E-state index contributed by atoms with van der Waals surface area (Å²) in [5, 5.41) is 17.8. The first-order chi connectivity index (χ1) is 7.69. The Bertz CT molecular complexity index is 360. The van der Waals surface area contributed by atoms with Crippen molar-refractivity contribution in [3.05, 3.63) is 29.3 Å². The fourth-order valence-electron chi connectivity index (χ4n) is 1.65. The van der Waals surface area contributed by atoms with Crippen LogP contribution in [0.5, 0.6) is 5.75 Å². The Morgan fingerprint density at radius 3 is 2.75 bits per heavy atom. The summed E-state index contributed by atoms with van der Waals surface area (Å²) < 4.78 is 5.13. The van der Waals surface area contributed by atoms with E-state index >= 15 is 0 Å². The maximum atomic E-state index is 10.4. The zero-order chi connectivity index (χ0) is 12.0. The first-order valence-electron chi connectivity index (χ1n) is 5.16. The molecule has 0 aliphatic rings. The van der Waals surface area contributed by atoms with E-state index in [9.17, 15) is 9.90 Å². The SMILES string of the molecule is COc1cccc(CCCC(=O)O)c1CO. The van der Waals surface area contributed by atoms with Gasteiger partial charge in [-0.25, -0.2) is 0 Å². The van der Waals surface area contributed by atoms with Crippen molar-refractivity contribution in [3.8, 4) is 5.75 Å². The van der Waals surface area contributed by atoms with E-state index in [-0.39, 0.29) is 13.0 Å². The van der Waals surface area contributed by atoms with Gasteiger partial charge in [-0.3, -0.25) is 4.79 Å². The van der Waals surface area contributed by atoms with Gasteiger partial charge in [0.2, 0.25) is 0 Å². The molecule has 2 N–H and O–H groups in total. The third-order valence-corrected chi connectivity index (χ3v) is 2.44. The van der Waals surface area contributed by atoms with Crippen molar-refractivity contribution in [1.82, 2.24) is 0 Å². The lowest BCUT2D eigenvalue weighted by atomic mass is 10.0. The van der Waals surface area contributed by atoms with Crippen molar-refractivity contribution >= 4 is 5.97 Å². The molecule has 4 heteroatoms. The number of hydrogen-bond acceptors (Lipinski definition) is 3. The minimum Gasteiger partial charge on any atom is -0.496 e. The standard InChI is InChI=1S/C12H16O4/c1-16-11-6-2-4-9(10(11)8-13)5-3-7-12(14)15/h2,4,6,13H,3,5,7-8H2,1H3,(H,14,15). The van der Waals surface area contributed by atoms with Gasteiger partial charge in [-0.1, -0.05) is 12.1 Å². The summed E-state index contributed by atoms with van der Waals surface area (Å²) in [6.07, 6.45) is 1.34. The fraction of sp³-hybridized carbons (Fsp3) is 0.417. The molecule has 0 radical (unpaired) electrons. The van der Waals surface area contributed by atoms with Crippen LogP contribution in [0.2, 0.25) is 0 Å². The lowest BCUT2D eigenvalue weighted by molar-refractivity contribution is -0.137. The topological polar surface area (TPSA) is 66.8 Å². The molecule has 0 aromatic heterocycles. The predicted molar refractivity (Wildman–Crippen MR) is 59.5 cm³/mol. The normalized spacial score (nSPS) is 10.1. The van der Waals surface area contributed by atoms with E-state index in [1.807, 2.05) is 12.1 Å². The van der Waals surface area contributed by atoms with E-state index in [0.29, 0.717) is 18.6 Å². The fourth-order valence-corrected chi connectivity index (χ4v) is 1.65. The lowest BCUT2D eigenvalue weighted by Gasteiger charge is -2.11. The van der Waals surface area contributed by atoms with Gasteiger partial charge in [-0.05, 0) is 24.5 Å². The van der Waals surface area contributed by atoms with Gasteiger partial charge in [0.25, 0.3) is 0 Å². The number of aliphatic hydroxyl groups excluding tert-OH is 1. The molecule has 88 valence electrons. The number of carbonyl (C=O) groups is 1. The second-order valence-corrected chi connectivity index (χ2v) is 3.50. The molecule has 4 nitrogen and oxygen atoms in total. The van der Waals surface area contributed by atoms with Crippen LogP contribution in [0.4, 0.5) is 0 Å². The number of benzene rings is 1. The van der Waals surface area contributed by atoms with Crippen LogP contribution in [0.25, 0.3) is 0 Å². The molecule has 1 aromatic carbocycles. The first-order valence-corrected chi connectivity index (χ1v) is 5.16. The zero-order valence-corrected chi connectivity index (χ0v) is 9.27. The van der Waals surface area contributed by atoms with Gasteiger partial charge in [-0.15, -0.1) is 0 Å². The second-order valence-electron chi connectivity index (χ2n) is 3.50. The Labute approximate surface area is 94.5 Å². The maximum absolute atomic E-state index is 10.4. The molecule has 0 fully saturated rings. The van der Waals surface area contributed by atoms with Crippen LogP contribution in [-0.2, 0) is 17.8 Å². The van der Waals surface area contributed by atoms with Gasteiger partial charge in [0, 0.05) is 12.0 Å². The number of methoxy groups -OCH3 is 1. The van der Waals surface area contributed by atoms with Gasteiger partial charge in [0.05, 0.1) is 13.7 Å². The van der Waals surface area contributed by atoms with Crippen LogP contribution in [0.3, 0.4) is 0 Å².